The first-order valence-corrected chi connectivity index (χ1v) is 31.0. The number of hydrogen-bond donors (Lipinski definition) is 11. The summed E-state index contributed by atoms with van der Waals surface area (Å²) in [5, 5.41) is 22.3. The molecule has 91 heavy (non-hydrogen) atoms. The van der Waals surface area contributed by atoms with Gasteiger partial charge in [-0.3, -0.25) is 43.3 Å². The molecule has 9 amide bonds. The maximum atomic E-state index is 15.0. The van der Waals surface area contributed by atoms with Crippen molar-refractivity contribution < 1.29 is 62.2 Å². The number of carbonyl (C=O) groups is 10. The predicted octanol–water partition coefficient (Wildman–Crippen LogP) is 1.98. The molecule has 0 spiro atoms. The lowest BCUT2D eigenvalue weighted by molar-refractivity contribution is -0.150. The van der Waals surface area contributed by atoms with Gasteiger partial charge in [-0.25, -0.2) is 14.6 Å². The molecule has 0 aliphatic carbocycles. The van der Waals surface area contributed by atoms with Crippen LogP contribution in [0.5, 0.6) is 5.75 Å². The maximum absolute atomic E-state index is 15.0. The number of rotatable bonds is 18. The van der Waals surface area contributed by atoms with Crippen molar-refractivity contribution in [3.05, 3.63) is 120 Å². The van der Waals surface area contributed by atoms with Crippen LogP contribution in [0.3, 0.4) is 0 Å². The Labute approximate surface area is 529 Å². The van der Waals surface area contributed by atoms with Crippen molar-refractivity contribution in [2.24, 2.45) is 28.3 Å². The average molecular weight is 1260 g/mol. The lowest BCUT2D eigenvalue weighted by Gasteiger charge is -2.32. The number of alkyl carbamates (subject to hydrolysis) is 1. The van der Waals surface area contributed by atoms with Crippen LogP contribution in [0.1, 0.15) is 114 Å². The molecule has 0 radical (unpaired) electrons. The number of methoxy groups -OCH3 is 1. The molecule has 3 heterocycles. The number of aliphatic imine (C=N–C) groups is 1. The Morgan fingerprint density at radius 1 is 0.681 bits per heavy atom. The summed E-state index contributed by atoms with van der Waals surface area (Å²) in [4.78, 5) is 156. The van der Waals surface area contributed by atoms with Crippen LogP contribution >= 0.6 is 0 Å². The highest BCUT2D eigenvalue weighted by molar-refractivity contribution is 5.98. The Morgan fingerprint density at radius 3 is 1.96 bits per heavy atom. The molecule has 0 bridgehead atoms. The van der Waals surface area contributed by atoms with Gasteiger partial charge < -0.3 is 78.1 Å². The van der Waals surface area contributed by atoms with Gasteiger partial charge in [-0.05, 0) is 92.0 Å². The number of hydrogen-bond acceptors (Lipinski definition) is 15. The van der Waals surface area contributed by atoms with Crippen molar-refractivity contribution in [3.63, 3.8) is 0 Å². The van der Waals surface area contributed by atoms with Crippen LogP contribution in [0.15, 0.2) is 102 Å². The normalized spacial score (nSPS) is 22.6. The molecule has 2 saturated heterocycles. The van der Waals surface area contributed by atoms with E-state index in [1.807, 2.05) is 6.92 Å². The largest absolute Gasteiger partial charge is 0.497 e. The smallest absolute Gasteiger partial charge is 0.408 e. The number of benzene rings is 3. The van der Waals surface area contributed by atoms with Gasteiger partial charge >= 0.3 is 12.1 Å². The number of amides is 9. The molecule has 9 atom stereocenters. The summed E-state index contributed by atoms with van der Waals surface area (Å²) in [6.07, 6.45) is 2.84. The van der Waals surface area contributed by atoms with E-state index in [-0.39, 0.29) is 103 Å². The number of H-pyrrole nitrogens is 1. The number of nitrogens with two attached hydrogens (primary N) is 2. The average Bonchev–Trinajstić information content (AvgIpc) is 2.99. The monoisotopic (exact) mass is 1260 g/mol. The predicted molar refractivity (Wildman–Crippen MR) is 335 cm³/mol. The van der Waals surface area contributed by atoms with Gasteiger partial charge in [-0.15, -0.1) is 0 Å². The Kier molecular flexibility index (Phi) is 28.0. The number of nitrogens with one attached hydrogen (secondary N) is 9. The number of ether oxygens (including phenoxy) is 3. The van der Waals surface area contributed by atoms with E-state index in [2.05, 4.69) is 57.5 Å². The zero-order chi connectivity index (χ0) is 65.8. The number of esters is 1. The van der Waals surface area contributed by atoms with E-state index in [9.17, 15) is 47.9 Å². The zero-order valence-corrected chi connectivity index (χ0v) is 52.3. The third-order valence-electron chi connectivity index (χ3n) is 15.8. The van der Waals surface area contributed by atoms with E-state index in [4.69, 9.17) is 25.7 Å². The Morgan fingerprint density at radius 2 is 1.32 bits per heavy atom. The molecule has 0 unspecified atom stereocenters. The third kappa shape index (κ3) is 22.8. The van der Waals surface area contributed by atoms with E-state index in [1.165, 1.54) is 24.5 Å². The molecule has 492 valence electrons. The fraction of sp³-hybridized carbons (Fsp3) is 0.500. The lowest BCUT2D eigenvalue weighted by atomic mass is 9.96. The van der Waals surface area contributed by atoms with E-state index in [0.29, 0.717) is 41.0 Å². The van der Waals surface area contributed by atoms with Crippen molar-refractivity contribution in [2.75, 3.05) is 26.7 Å². The summed E-state index contributed by atoms with van der Waals surface area (Å²) in [6, 6.07) is 14.0. The van der Waals surface area contributed by atoms with Gasteiger partial charge in [0.15, 0.2) is 5.96 Å². The molecule has 0 saturated carbocycles. The van der Waals surface area contributed by atoms with Gasteiger partial charge in [0, 0.05) is 50.8 Å². The van der Waals surface area contributed by atoms with Crippen LogP contribution in [0.25, 0.3) is 0 Å². The summed E-state index contributed by atoms with van der Waals surface area (Å²) in [6.45, 7) is 6.88. The summed E-state index contributed by atoms with van der Waals surface area (Å²) in [7, 11) is 1.49. The molecule has 3 aromatic carbocycles. The molecule has 2 aliphatic heterocycles. The number of aromatic nitrogens is 2. The van der Waals surface area contributed by atoms with Crippen LogP contribution in [0.2, 0.25) is 0 Å². The first-order chi connectivity index (χ1) is 43.7. The Bertz CT molecular complexity index is 3080. The van der Waals surface area contributed by atoms with Gasteiger partial charge in [0.05, 0.1) is 13.4 Å². The number of carbonyl (C=O) groups excluding carboxylic acids is 10. The second kappa shape index (κ2) is 36.2. The number of imidazole rings is 1. The number of nitrogens with zero attached hydrogens (tertiary/aromatic N) is 3. The number of fused-ring (bicyclic) bond motifs is 1. The fourth-order valence-electron chi connectivity index (χ4n) is 10.4. The van der Waals surface area contributed by atoms with Gasteiger partial charge in [-0.2, -0.15) is 0 Å². The molecule has 2 aliphatic rings. The van der Waals surface area contributed by atoms with Gasteiger partial charge in [0.2, 0.25) is 47.3 Å². The topological polar surface area (TPSA) is 391 Å². The SMILES string of the molecule is CC[C@H](C)[C@@H]1NC(=O)[C@H](Cc2ccc(OC)cc2)NC(=O)[C@H](C(C)C)NC(=O)[C@H](CCCN=C(N)N)NC(=O)[C@@H](NC(=O)OCc2ccccc2)CCCCNC(=O)CC[C@@H](C(=O)OCc2ccccc2)NC(=O)[C@@H]2CCCN2C(=O)[C@H](Cc2cnc[nH]2)NC1=O. The summed E-state index contributed by atoms with van der Waals surface area (Å²) in [5.74, 6) is -7.42. The molecule has 1 aromatic heterocycles. The molecular weight excluding hydrogens is 1170 g/mol. The zero-order valence-electron chi connectivity index (χ0n) is 52.3. The minimum atomic E-state index is -1.39. The minimum Gasteiger partial charge on any atom is -0.497 e. The third-order valence-corrected chi connectivity index (χ3v) is 15.8. The molecule has 6 rings (SSSR count). The van der Waals surface area contributed by atoms with Crippen molar-refractivity contribution >= 4 is 65.3 Å². The lowest BCUT2D eigenvalue weighted by Crippen LogP contribution is -2.62. The van der Waals surface area contributed by atoms with E-state index >= 15 is 0 Å². The standard InChI is InChI=1S/C64H88N14O13/c1-6-40(4)54-60(85)74-50(34-44-35-67-38-70-44)61(86)78-32-16-23-51(78)58(83)72-48(62(87)90-36-42-17-9-7-10-18-42)28-29-52(79)68-30-14-13-21-47(75-64(88)91-37-43-19-11-8-12-20-43)55(80)71-46(22-15-31-69-63(65)66)56(81)76-53(39(2)3)59(84)73-49(57(82)77-54)33-41-24-26-45(89-5)27-25-41/h7-12,17-20,24-27,35,38-40,46-51,53-54H,6,13-16,21-23,28-34,36-37H2,1-5H3,(H,67,70)(H,68,79)(H,71,80)(H,72,83)(H,73,84)(H,74,85)(H,75,88)(H,76,81)(H,77,82)(H4,65,66,69)/t40-,46-,47-,48-,49-,50-,51-,53-,54-/m0/s1. The maximum Gasteiger partial charge on any atom is 0.408 e. The van der Waals surface area contributed by atoms with Gasteiger partial charge in [0.1, 0.15) is 67.3 Å². The summed E-state index contributed by atoms with van der Waals surface area (Å²) < 4.78 is 16.5. The van der Waals surface area contributed by atoms with Crippen molar-refractivity contribution in [3.8, 4) is 5.75 Å². The first-order valence-electron chi connectivity index (χ1n) is 31.0. The minimum absolute atomic E-state index is 0.00926. The van der Waals surface area contributed by atoms with E-state index in [0.717, 1.165) is 0 Å². The number of guanidine groups is 1. The van der Waals surface area contributed by atoms with Crippen molar-refractivity contribution in [2.45, 2.75) is 166 Å². The molecular formula is C64H88N14O13. The molecule has 27 nitrogen and oxygen atoms in total. The van der Waals surface area contributed by atoms with E-state index < -0.39 is 119 Å². The second-order valence-corrected chi connectivity index (χ2v) is 23.1. The number of aromatic amines is 1. The van der Waals surface area contributed by atoms with Gasteiger partial charge in [0.25, 0.3) is 0 Å². The van der Waals surface area contributed by atoms with E-state index in [1.54, 1.807) is 106 Å². The van der Waals surface area contributed by atoms with Crippen LogP contribution in [-0.4, -0.2) is 155 Å². The first kappa shape index (κ1) is 70.5. The highest BCUT2D eigenvalue weighted by atomic mass is 16.5. The molecule has 2 fully saturated rings. The van der Waals surface area contributed by atoms with Crippen LogP contribution in [-0.2, 0) is 78.7 Å². The molecule has 13 N–H and O–H groups in total. The highest BCUT2D eigenvalue weighted by Gasteiger charge is 2.41. The molecule has 27 heteroatoms. The highest BCUT2D eigenvalue weighted by Crippen LogP contribution is 2.22. The van der Waals surface area contributed by atoms with Crippen molar-refractivity contribution in [1.29, 1.82) is 0 Å². The fourth-order valence-corrected chi connectivity index (χ4v) is 10.4. The van der Waals surface area contributed by atoms with Crippen LogP contribution in [0.4, 0.5) is 4.79 Å². The quantitative estimate of drug-likeness (QED) is 0.0294. The second-order valence-electron chi connectivity index (χ2n) is 23.1. The van der Waals surface area contributed by atoms with Crippen LogP contribution in [0, 0.1) is 11.8 Å². The molecule has 4 aromatic rings. The summed E-state index contributed by atoms with van der Waals surface area (Å²) in [5.41, 5.74) is 13.6. The Hall–Kier alpha value is -9.56. The van der Waals surface area contributed by atoms with Crippen molar-refractivity contribution in [1.82, 2.24) is 57.4 Å². The Balaban J connectivity index is 1.36. The van der Waals surface area contributed by atoms with Gasteiger partial charge in [-0.1, -0.05) is 107 Å². The van der Waals surface area contributed by atoms with Crippen LogP contribution < -0.4 is 58.7 Å². The summed E-state index contributed by atoms with van der Waals surface area (Å²) >= 11 is 0.